The minimum atomic E-state index is -0.453. The second kappa shape index (κ2) is 5.30. The number of aromatic nitrogens is 1. The molecule has 4 rings (SSSR count). The molecule has 2 bridgehead atoms. The Balaban J connectivity index is 1.79. The number of carbonyl (C=O) groups is 2. The molecule has 2 fully saturated rings. The van der Waals surface area contributed by atoms with Crippen LogP contribution in [0.1, 0.15) is 29.6 Å². The Hall–Kier alpha value is -2.50. The maximum absolute atomic E-state index is 13.9. The first-order valence-corrected chi connectivity index (χ1v) is 7.77. The van der Waals surface area contributed by atoms with E-state index in [0.29, 0.717) is 23.9 Å². The monoisotopic (exact) mass is 313 g/mol. The van der Waals surface area contributed by atoms with Gasteiger partial charge in [-0.15, -0.1) is 0 Å². The number of fused-ring (bicyclic) bond motifs is 3. The summed E-state index contributed by atoms with van der Waals surface area (Å²) in [6.07, 6.45) is 3.57. The van der Waals surface area contributed by atoms with Gasteiger partial charge in [0, 0.05) is 36.6 Å². The van der Waals surface area contributed by atoms with E-state index in [4.69, 9.17) is 0 Å². The molecule has 5 nitrogen and oxygen atoms in total. The SMILES string of the molecule is O=C1CC2CCC(CN1)N2C(=O)c1cc(F)cc2cccnc12. The summed E-state index contributed by atoms with van der Waals surface area (Å²) in [6.45, 7) is 0.460. The smallest absolute Gasteiger partial charge is 0.256 e. The number of nitrogens with zero attached hydrogens (tertiary/aromatic N) is 2. The van der Waals surface area contributed by atoms with E-state index in [1.165, 1.54) is 12.1 Å². The summed E-state index contributed by atoms with van der Waals surface area (Å²) in [6, 6.07) is 5.94. The fraction of sp³-hybridized carbons (Fsp3) is 0.353. The van der Waals surface area contributed by atoms with E-state index in [1.54, 1.807) is 23.2 Å². The Morgan fingerprint density at radius 2 is 2.13 bits per heavy atom. The van der Waals surface area contributed by atoms with Gasteiger partial charge >= 0.3 is 0 Å². The molecule has 0 saturated carbocycles. The Morgan fingerprint density at radius 1 is 1.30 bits per heavy atom. The normalized spacial score (nSPS) is 23.7. The maximum Gasteiger partial charge on any atom is 0.256 e. The average molecular weight is 313 g/mol. The molecule has 6 heteroatoms. The maximum atomic E-state index is 13.9. The second-order valence-corrected chi connectivity index (χ2v) is 6.13. The van der Waals surface area contributed by atoms with E-state index >= 15 is 0 Å². The van der Waals surface area contributed by atoms with E-state index in [-0.39, 0.29) is 29.5 Å². The molecule has 2 aromatic rings. The molecule has 0 spiro atoms. The zero-order chi connectivity index (χ0) is 16.0. The molecule has 1 aromatic heterocycles. The van der Waals surface area contributed by atoms with Crippen molar-refractivity contribution in [3.8, 4) is 0 Å². The molecule has 0 radical (unpaired) electrons. The first-order chi connectivity index (χ1) is 11.1. The third kappa shape index (κ3) is 2.34. The summed E-state index contributed by atoms with van der Waals surface area (Å²) in [5.41, 5.74) is 0.772. The Labute approximate surface area is 132 Å². The van der Waals surface area contributed by atoms with Gasteiger partial charge in [-0.25, -0.2) is 4.39 Å². The van der Waals surface area contributed by atoms with Gasteiger partial charge in [0.15, 0.2) is 0 Å². The molecule has 1 aromatic carbocycles. The molecule has 2 unspecified atom stereocenters. The number of nitrogens with one attached hydrogen (secondary N) is 1. The topological polar surface area (TPSA) is 62.3 Å². The molecule has 1 N–H and O–H groups in total. The highest BCUT2D eigenvalue weighted by atomic mass is 19.1. The van der Waals surface area contributed by atoms with Crippen LogP contribution in [0.25, 0.3) is 10.9 Å². The summed E-state index contributed by atoms with van der Waals surface area (Å²) >= 11 is 0. The van der Waals surface area contributed by atoms with Crippen molar-refractivity contribution in [2.24, 2.45) is 0 Å². The fourth-order valence-electron chi connectivity index (χ4n) is 3.67. The van der Waals surface area contributed by atoms with Gasteiger partial charge in [-0.05, 0) is 31.0 Å². The van der Waals surface area contributed by atoms with Crippen LogP contribution in [0, 0.1) is 5.82 Å². The Morgan fingerprint density at radius 3 is 3.00 bits per heavy atom. The van der Waals surface area contributed by atoms with Crippen LogP contribution < -0.4 is 5.32 Å². The van der Waals surface area contributed by atoms with Crippen LogP contribution in [0.15, 0.2) is 30.5 Å². The highest BCUT2D eigenvalue weighted by Crippen LogP contribution is 2.31. The minimum absolute atomic E-state index is 0.0269. The molecular weight excluding hydrogens is 297 g/mol. The first kappa shape index (κ1) is 14.1. The van der Waals surface area contributed by atoms with Gasteiger partial charge in [-0.3, -0.25) is 14.6 Å². The minimum Gasteiger partial charge on any atom is -0.354 e. The van der Waals surface area contributed by atoms with Crippen molar-refractivity contribution in [3.05, 3.63) is 41.8 Å². The van der Waals surface area contributed by atoms with Crippen LogP contribution >= 0.6 is 0 Å². The van der Waals surface area contributed by atoms with Crippen molar-refractivity contribution in [2.45, 2.75) is 31.3 Å². The van der Waals surface area contributed by atoms with Crippen LogP contribution in [-0.2, 0) is 4.79 Å². The first-order valence-electron chi connectivity index (χ1n) is 7.77. The lowest BCUT2D eigenvalue weighted by Gasteiger charge is -2.27. The number of carbonyl (C=O) groups excluding carboxylic acids is 2. The van der Waals surface area contributed by atoms with Crippen LogP contribution in [-0.4, -0.2) is 40.3 Å². The molecule has 2 atom stereocenters. The average Bonchev–Trinajstić information content (AvgIpc) is 2.85. The summed E-state index contributed by atoms with van der Waals surface area (Å²) in [5.74, 6) is -0.723. The van der Waals surface area contributed by atoms with E-state index in [0.717, 1.165) is 12.8 Å². The number of halogens is 1. The lowest BCUT2D eigenvalue weighted by atomic mass is 10.1. The fourth-order valence-corrected chi connectivity index (χ4v) is 3.67. The highest BCUT2D eigenvalue weighted by Gasteiger charge is 2.41. The number of hydrogen-bond donors (Lipinski definition) is 1. The molecule has 0 aliphatic carbocycles. The lowest BCUT2D eigenvalue weighted by Crippen LogP contribution is -2.42. The summed E-state index contributed by atoms with van der Waals surface area (Å²) in [4.78, 5) is 30.8. The Kier molecular flexibility index (Phi) is 3.25. The van der Waals surface area contributed by atoms with E-state index in [9.17, 15) is 14.0 Å². The number of benzene rings is 1. The molecule has 2 saturated heterocycles. The summed E-state index contributed by atoms with van der Waals surface area (Å²) < 4.78 is 13.9. The summed E-state index contributed by atoms with van der Waals surface area (Å²) in [5, 5.41) is 3.44. The van der Waals surface area contributed by atoms with Crippen molar-refractivity contribution in [2.75, 3.05) is 6.54 Å². The van der Waals surface area contributed by atoms with Crippen LogP contribution in [0.3, 0.4) is 0 Å². The largest absolute Gasteiger partial charge is 0.354 e. The third-order valence-electron chi connectivity index (χ3n) is 4.71. The zero-order valence-corrected chi connectivity index (χ0v) is 12.5. The zero-order valence-electron chi connectivity index (χ0n) is 12.5. The second-order valence-electron chi connectivity index (χ2n) is 6.13. The van der Waals surface area contributed by atoms with Gasteiger partial charge in [0.2, 0.25) is 5.91 Å². The van der Waals surface area contributed by atoms with Crippen molar-refractivity contribution < 1.29 is 14.0 Å². The lowest BCUT2D eigenvalue weighted by molar-refractivity contribution is -0.121. The predicted octanol–water partition coefficient (Wildman–Crippen LogP) is 1.87. The van der Waals surface area contributed by atoms with Gasteiger partial charge in [-0.2, -0.15) is 0 Å². The van der Waals surface area contributed by atoms with Gasteiger partial charge in [0.1, 0.15) is 5.82 Å². The number of pyridine rings is 1. The van der Waals surface area contributed by atoms with E-state index < -0.39 is 5.82 Å². The molecule has 2 aliphatic rings. The van der Waals surface area contributed by atoms with Gasteiger partial charge in [-0.1, -0.05) is 6.07 Å². The molecule has 2 amide bonds. The molecular formula is C17H16FN3O2. The van der Waals surface area contributed by atoms with Gasteiger partial charge < -0.3 is 10.2 Å². The summed E-state index contributed by atoms with van der Waals surface area (Å²) in [7, 11) is 0. The van der Waals surface area contributed by atoms with Crippen LogP contribution in [0.4, 0.5) is 4.39 Å². The number of rotatable bonds is 1. The van der Waals surface area contributed by atoms with Crippen LogP contribution in [0.5, 0.6) is 0 Å². The van der Waals surface area contributed by atoms with Gasteiger partial charge in [0.25, 0.3) is 5.91 Å². The Bertz CT molecular complexity index is 808. The number of hydrogen-bond acceptors (Lipinski definition) is 3. The molecule has 118 valence electrons. The van der Waals surface area contributed by atoms with Crippen molar-refractivity contribution >= 4 is 22.7 Å². The van der Waals surface area contributed by atoms with Gasteiger partial charge in [0.05, 0.1) is 11.1 Å². The van der Waals surface area contributed by atoms with Crippen molar-refractivity contribution in [3.63, 3.8) is 0 Å². The quantitative estimate of drug-likeness (QED) is 0.874. The van der Waals surface area contributed by atoms with Crippen molar-refractivity contribution in [1.29, 1.82) is 0 Å². The van der Waals surface area contributed by atoms with Crippen LogP contribution in [0.2, 0.25) is 0 Å². The third-order valence-corrected chi connectivity index (χ3v) is 4.71. The standard InChI is InChI=1S/C17H16FN3O2/c18-11-6-10-2-1-5-19-16(10)14(7-11)17(23)21-12-3-4-13(21)9-20-15(22)8-12/h1-2,5-7,12-13H,3-4,8-9H2,(H,20,22). The highest BCUT2D eigenvalue weighted by molar-refractivity contribution is 6.06. The van der Waals surface area contributed by atoms with E-state index in [2.05, 4.69) is 10.3 Å². The molecule has 2 aliphatic heterocycles. The van der Waals surface area contributed by atoms with E-state index in [1.807, 2.05) is 0 Å². The predicted molar refractivity (Wildman–Crippen MR) is 82.3 cm³/mol. The van der Waals surface area contributed by atoms with Crippen molar-refractivity contribution in [1.82, 2.24) is 15.2 Å². The molecule has 23 heavy (non-hydrogen) atoms. The molecule has 3 heterocycles. The number of amides is 2.